The summed E-state index contributed by atoms with van der Waals surface area (Å²) in [6.07, 6.45) is 18.4. The Labute approximate surface area is 339 Å². The Morgan fingerprint density at radius 3 is 1.17 bits per heavy atom. The Morgan fingerprint density at radius 1 is 0.362 bits per heavy atom. The van der Waals surface area contributed by atoms with Gasteiger partial charge in [0.15, 0.2) is 22.8 Å². The van der Waals surface area contributed by atoms with E-state index < -0.39 is 0 Å². The van der Waals surface area contributed by atoms with Crippen molar-refractivity contribution in [1.82, 2.24) is 33.4 Å². The van der Waals surface area contributed by atoms with E-state index in [1.165, 1.54) is 133 Å². The number of nitrogens with zero attached hydrogens (tertiary/aromatic N) is 7. The lowest BCUT2D eigenvalue weighted by molar-refractivity contribution is 0.443. The summed E-state index contributed by atoms with van der Waals surface area (Å²) in [5, 5.41) is 20.1. The second-order valence-electron chi connectivity index (χ2n) is 17.6. The van der Waals surface area contributed by atoms with E-state index in [2.05, 4.69) is 127 Å². The molecule has 3 aliphatic carbocycles. The Balaban J connectivity index is 1.31. The number of hydrogen-bond acceptors (Lipinski definition) is 3. The minimum atomic E-state index is 0.365. The van der Waals surface area contributed by atoms with Crippen molar-refractivity contribution >= 4 is 38.7 Å². The lowest BCUT2D eigenvalue weighted by atomic mass is 9.82. The first-order valence-corrected chi connectivity index (χ1v) is 22.3. The summed E-state index contributed by atoms with van der Waals surface area (Å²) < 4.78 is 9.49. The first-order valence-electron chi connectivity index (χ1n) is 22.3. The molecule has 3 saturated carbocycles. The average Bonchev–Trinajstić information content (AvgIpc) is 4.07. The highest BCUT2D eigenvalue weighted by molar-refractivity contribution is 6.09. The van der Waals surface area contributed by atoms with E-state index in [1.807, 2.05) is 0 Å². The van der Waals surface area contributed by atoms with Gasteiger partial charge in [0.1, 0.15) is 0 Å². The molecular weight excluding hydrogens is 711 g/mol. The van der Waals surface area contributed by atoms with Crippen LogP contribution >= 0.6 is 0 Å². The molecule has 0 amide bonds. The summed E-state index contributed by atoms with van der Waals surface area (Å²) in [5.74, 6) is 2.23. The molecule has 7 heteroatoms. The van der Waals surface area contributed by atoms with E-state index in [0.717, 1.165) is 47.0 Å². The molecule has 4 aromatic carbocycles. The molecule has 3 fully saturated rings. The van der Waals surface area contributed by atoms with Gasteiger partial charge < -0.3 is 0 Å². The molecule has 0 atom stereocenters. The normalized spacial score (nSPS) is 17.8. The van der Waals surface area contributed by atoms with E-state index in [0.29, 0.717) is 17.8 Å². The van der Waals surface area contributed by atoms with E-state index in [4.69, 9.17) is 15.3 Å². The van der Waals surface area contributed by atoms with Gasteiger partial charge in [0.05, 0.1) is 22.4 Å². The van der Waals surface area contributed by atoms with Crippen molar-refractivity contribution in [2.45, 2.75) is 114 Å². The number of rotatable bonds is 6. The monoisotopic (exact) mass is 761 g/mol. The zero-order valence-electron chi connectivity index (χ0n) is 33.4. The summed E-state index contributed by atoms with van der Waals surface area (Å²) in [6, 6.07) is 39.8. The molecule has 0 N–H and O–H groups in total. The first kappa shape index (κ1) is 34.4. The summed E-state index contributed by atoms with van der Waals surface area (Å²) >= 11 is 0. The summed E-state index contributed by atoms with van der Waals surface area (Å²) in [4.78, 5) is 0. The van der Waals surface area contributed by atoms with Gasteiger partial charge in [0, 0.05) is 38.6 Å². The lowest BCUT2D eigenvalue weighted by Gasteiger charge is -2.24. The maximum atomic E-state index is 5.95. The Kier molecular flexibility index (Phi) is 8.29. The third-order valence-corrected chi connectivity index (χ3v) is 14.2. The maximum absolute atomic E-state index is 5.95. The van der Waals surface area contributed by atoms with Crippen LogP contribution in [0.15, 0.2) is 109 Å². The van der Waals surface area contributed by atoms with Gasteiger partial charge in [-0.3, -0.25) is 4.57 Å². The van der Waals surface area contributed by atoms with Gasteiger partial charge >= 0.3 is 0 Å². The standard InChI is InChI=1S/C51H51N7/c1-6-20-34(21-7-1)43-46(37-26-12-4-13-27-37)53-57-49(43)56-50(44(35-22-8-2-9-23-35)47(52-56)38-28-14-5-15-29-38)58-51(57)45(36-24-10-3-11-25-36)48(54-58)55-41-32-18-16-30-39(41)40-31-17-19-33-42(40)55/h4-5,12-19,26-36H,1-3,6-11,20-25H2. The average molecular weight is 762 g/mol. The highest BCUT2D eigenvalue weighted by Gasteiger charge is 2.36. The van der Waals surface area contributed by atoms with Gasteiger partial charge in [-0.1, -0.05) is 155 Å². The van der Waals surface area contributed by atoms with Crippen LogP contribution in [0.2, 0.25) is 0 Å². The number of benzene rings is 4. The minimum absolute atomic E-state index is 0.365. The molecule has 0 unspecified atom stereocenters. The molecular formula is C51H51N7. The largest absolute Gasteiger partial charge is 0.292 e. The molecule has 0 spiro atoms. The highest BCUT2D eigenvalue weighted by atomic mass is 15.5. The van der Waals surface area contributed by atoms with Crippen molar-refractivity contribution in [1.29, 1.82) is 0 Å². The van der Waals surface area contributed by atoms with Crippen molar-refractivity contribution in [2.24, 2.45) is 0 Å². The second-order valence-corrected chi connectivity index (χ2v) is 17.6. The quantitative estimate of drug-likeness (QED) is 0.170. The van der Waals surface area contributed by atoms with Crippen molar-refractivity contribution in [2.75, 3.05) is 0 Å². The van der Waals surface area contributed by atoms with Crippen LogP contribution in [0.3, 0.4) is 0 Å². The molecule has 5 heterocycles. The predicted molar refractivity (Wildman–Crippen MR) is 235 cm³/mol. The fraction of sp³-hybridized carbons (Fsp3) is 0.353. The summed E-state index contributed by atoms with van der Waals surface area (Å²) in [5.41, 5.74) is 14.4. The van der Waals surface area contributed by atoms with Crippen molar-refractivity contribution in [3.05, 3.63) is 126 Å². The van der Waals surface area contributed by atoms with Crippen LogP contribution in [0.5, 0.6) is 0 Å². The van der Waals surface area contributed by atoms with Crippen LogP contribution in [-0.4, -0.2) is 33.4 Å². The van der Waals surface area contributed by atoms with Gasteiger partial charge in [0.25, 0.3) is 0 Å². The zero-order chi connectivity index (χ0) is 38.2. The second kappa shape index (κ2) is 14.0. The maximum Gasteiger partial charge on any atom is 0.167 e. The molecule has 0 bridgehead atoms. The van der Waals surface area contributed by atoms with Crippen molar-refractivity contribution in [3.63, 3.8) is 0 Å². The van der Waals surface area contributed by atoms with Gasteiger partial charge in [-0.15, -0.1) is 5.10 Å². The molecule has 0 saturated heterocycles. The molecule has 12 rings (SSSR count). The third-order valence-electron chi connectivity index (χ3n) is 14.2. The molecule has 0 radical (unpaired) electrons. The topological polar surface area (TPSA) is 56.8 Å². The predicted octanol–water partition coefficient (Wildman–Crippen LogP) is 13.2. The fourth-order valence-electron chi connectivity index (χ4n) is 11.5. The molecule has 0 aliphatic heterocycles. The number of aromatic nitrogens is 7. The number of fused-ring (bicyclic) bond motifs is 9. The molecule has 7 nitrogen and oxygen atoms in total. The molecule has 5 aromatic heterocycles. The Hall–Kier alpha value is -5.69. The number of hydrogen-bond donors (Lipinski definition) is 0. The molecule has 9 aromatic rings. The van der Waals surface area contributed by atoms with Crippen LogP contribution < -0.4 is 0 Å². The molecule has 58 heavy (non-hydrogen) atoms. The van der Waals surface area contributed by atoms with Crippen LogP contribution in [-0.2, 0) is 0 Å². The van der Waals surface area contributed by atoms with E-state index in [1.54, 1.807) is 0 Å². The minimum Gasteiger partial charge on any atom is -0.292 e. The molecule has 3 aliphatic rings. The Bertz CT molecular complexity index is 2850. The zero-order valence-corrected chi connectivity index (χ0v) is 33.4. The fourth-order valence-corrected chi connectivity index (χ4v) is 11.5. The van der Waals surface area contributed by atoms with Gasteiger partial charge in [-0.2, -0.15) is 23.7 Å². The lowest BCUT2D eigenvalue weighted by Crippen LogP contribution is -2.13. The SMILES string of the molecule is c1ccc(-c2nn3c(c2C2CCCCC2)n2nc(-c4ccccc4)c(C4CCCCC4)c2n2nc(-n4c5ccccc5c5ccccc54)c(C4CCCCC4)c32)cc1. The van der Waals surface area contributed by atoms with Crippen LogP contribution in [0.1, 0.15) is 131 Å². The van der Waals surface area contributed by atoms with Gasteiger partial charge in [0.2, 0.25) is 0 Å². The van der Waals surface area contributed by atoms with Gasteiger partial charge in [-0.05, 0) is 68.4 Å². The summed E-state index contributed by atoms with van der Waals surface area (Å²) in [6.45, 7) is 0. The van der Waals surface area contributed by atoms with E-state index in [-0.39, 0.29) is 0 Å². The van der Waals surface area contributed by atoms with E-state index >= 15 is 0 Å². The summed E-state index contributed by atoms with van der Waals surface area (Å²) in [7, 11) is 0. The van der Waals surface area contributed by atoms with E-state index in [9.17, 15) is 0 Å². The molecule has 290 valence electrons. The highest BCUT2D eigenvalue weighted by Crippen LogP contribution is 2.47. The van der Waals surface area contributed by atoms with Gasteiger partial charge in [-0.25, -0.2) is 0 Å². The first-order chi connectivity index (χ1) is 28.8. The number of para-hydroxylation sites is 2. The van der Waals surface area contributed by atoms with Crippen LogP contribution in [0, 0.1) is 0 Å². The van der Waals surface area contributed by atoms with Crippen molar-refractivity contribution in [3.8, 4) is 28.3 Å². The third kappa shape index (κ3) is 5.27. The Morgan fingerprint density at radius 2 is 0.724 bits per heavy atom. The van der Waals surface area contributed by atoms with Crippen LogP contribution in [0.25, 0.3) is 67.1 Å². The van der Waals surface area contributed by atoms with Crippen LogP contribution in [0.4, 0.5) is 0 Å². The van der Waals surface area contributed by atoms with Crippen molar-refractivity contribution < 1.29 is 0 Å². The smallest absolute Gasteiger partial charge is 0.167 e.